The van der Waals surface area contributed by atoms with Crippen LogP contribution in [-0.4, -0.2) is 73.3 Å². The highest BCUT2D eigenvalue weighted by atomic mass is 19.1. The number of piperidine rings is 1. The van der Waals surface area contributed by atoms with Gasteiger partial charge in [0.05, 0.1) is 36.7 Å². The van der Waals surface area contributed by atoms with Gasteiger partial charge in [-0.25, -0.2) is 4.39 Å². The molecule has 0 saturated carbocycles. The number of methoxy groups -OCH3 is 2. The van der Waals surface area contributed by atoms with Crippen molar-refractivity contribution >= 4 is 5.91 Å². The zero-order valence-corrected chi connectivity index (χ0v) is 20.0. The van der Waals surface area contributed by atoms with E-state index < -0.39 is 0 Å². The van der Waals surface area contributed by atoms with Crippen LogP contribution in [0.1, 0.15) is 48.2 Å². The summed E-state index contributed by atoms with van der Waals surface area (Å²) >= 11 is 0. The maximum atomic E-state index is 13.7. The molecule has 2 atom stereocenters. The molecular weight excluding hydrogens is 437 g/mol. The average molecular weight is 472 g/mol. The van der Waals surface area contributed by atoms with Crippen LogP contribution in [0.4, 0.5) is 4.39 Å². The van der Waals surface area contributed by atoms with Crippen molar-refractivity contribution in [2.75, 3.05) is 40.5 Å². The van der Waals surface area contributed by atoms with Crippen molar-refractivity contribution in [1.82, 2.24) is 14.8 Å². The molecule has 1 saturated heterocycles. The van der Waals surface area contributed by atoms with Gasteiger partial charge in [-0.2, -0.15) is 0 Å². The van der Waals surface area contributed by atoms with E-state index in [1.807, 2.05) is 4.90 Å². The number of nitrogens with zero attached hydrogens (tertiary/aromatic N) is 3. The second kappa shape index (κ2) is 11.6. The maximum absolute atomic E-state index is 13.7. The first-order valence-electron chi connectivity index (χ1n) is 12.1. The Hall–Kier alpha value is -2.71. The Morgan fingerprint density at radius 2 is 1.97 bits per heavy atom. The van der Waals surface area contributed by atoms with E-state index in [1.54, 1.807) is 38.5 Å². The van der Waals surface area contributed by atoms with E-state index in [4.69, 9.17) is 14.2 Å². The zero-order chi connectivity index (χ0) is 23.9. The molecule has 2 aliphatic heterocycles. The summed E-state index contributed by atoms with van der Waals surface area (Å²) in [5, 5.41) is 0. The van der Waals surface area contributed by atoms with Gasteiger partial charge in [0.15, 0.2) is 0 Å². The topological polar surface area (TPSA) is 64.1 Å². The lowest BCUT2D eigenvalue weighted by molar-refractivity contribution is -0.0155. The normalized spacial score (nSPS) is 22.4. The molecular formula is C26H34FN3O4. The number of hydrogen-bond donors (Lipinski definition) is 0. The Labute approximate surface area is 200 Å². The first-order chi connectivity index (χ1) is 16.6. The van der Waals surface area contributed by atoms with Gasteiger partial charge in [-0.05, 0) is 56.5 Å². The third kappa shape index (κ3) is 5.85. The number of ether oxygens (including phenoxy) is 3. The highest BCUT2D eigenvalue weighted by Crippen LogP contribution is 2.31. The van der Waals surface area contributed by atoms with E-state index in [0.717, 1.165) is 50.9 Å². The molecule has 34 heavy (non-hydrogen) atoms. The van der Waals surface area contributed by atoms with Crippen molar-refractivity contribution in [3.63, 3.8) is 0 Å². The van der Waals surface area contributed by atoms with E-state index in [-0.39, 0.29) is 23.9 Å². The van der Waals surface area contributed by atoms with Crippen molar-refractivity contribution in [3.05, 3.63) is 53.6 Å². The summed E-state index contributed by atoms with van der Waals surface area (Å²) < 4.78 is 30.6. The number of pyridine rings is 1. The third-order valence-electron chi connectivity index (χ3n) is 6.76. The van der Waals surface area contributed by atoms with Crippen LogP contribution in [0.15, 0.2) is 36.5 Å². The van der Waals surface area contributed by atoms with Crippen LogP contribution in [0.25, 0.3) is 0 Å². The zero-order valence-electron chi connectivity index (χ0n) is 20.0. The molecule has 2 aliphatic rings. The molecule has 7 nitrogen and oxygen atoms in total. The largest absolute Gasteiger partial charge is 0.497 e. The number of halogens is 1. The number of carbonyl (C=O) groups excluding carboxylic acids is 1. The molecule has 2 aromatic rings. The van der Waals surface area contributed by atoms with Crippen molar-refractivity contribution in [1.29, 1.82) is 0 Å². The molecule has 1 aromatic carbocycles. The van der Waals surface area contributed by atoms with E-state index in [0.29, 0.717) is 36.8 Å². The molecule has 184 valence electrons. The van der Waals surface area contributed by atoms with E-state index in [9.17, 15) is 9.18 Å². The molecule has 4 rings (SSSR count). The fourth-order valence-corrected chi connectivity index (χ4v) is 4.94. The Morgan fingerprint density at radius 3 is 2.74 bits per heavy atom. The lowest BCUT2D eigenvalue weighted by atomic mass is 9.93. The Kier molecular flexibility index (Phi) is 8.34. The fraction of sp³-hybridized carbons (Fsp3) is 0.538. The molecule has 1 fully saturated rings. The smallest absolute Gasteiger partial charge is 0.257 e. The summed E-state index contributed by atoms with van der Waals surface area (Å²) in [6, 6.07) is 8.58. The highest BCUT2D eigenvalue weighted by molar-refractivity contribution is 5.97. The minimum absolute atomic E-state index is 0.0176. The van der Waals surface area contributed by atoms with Crippen LogP contribution in [-0.2, 0) is 11.3 Å². The quantitative estimate of drug-likeness (QED) is 0.674. The predicted molar refractivity (Wildman–Crippen MR) is 127 cm³/mol. The SMILES string of the molecule is COc1ccc2c(c1)OCCN(Cc1ccc(F)cn1)CCCC[C@@H]1[C@H](OC)CCCN1C2=O. The summed E-state index contributed by atoms with van der Waals surface area (Å²) in [5.74, 6) is 0.822. The number of hydrogen-bond acceptors (Lipinski definition) is 6. The summed E-state index contributed by atoms with van der Waals surface area (Å²) in [5.41, 5.74) is 1.37. The fourth-order valence-electron chi connectivity index (χ4n) is 4.94. The Morgan fingerprint density at radius 1 is 1.09 bits per heavy atom. The Balaban J connectivity index is 1.59. The molecule has 8 heteroatoms. The summed E-state index contributed by atoms with van der Waals surface area (Å²) in [7, 11) is 3.34. The third-order valence-corrected chi connectivity index (χ3v) is 6.76. The summed E-state index contributed by atoms with van der Waals surface area (Å²) in [6.07, 6.45) is 6.02. The minimum atomic E-state index is -0.336. The molecule has 1 aromatic heterocycles. The van der Waals surface area contributed by atoms with Crippen molar-refractivity contribution in [3.8, 4) is 11.5 Å². The van der Waals surface area contributed by atoms with Crippen LogP contribution >= 0.6 is 0 Å². The standard InChI is InChI=1S/C26H34FN3O4/c1-32-21-10-11-22-25(16-21)34-15-14-29(18-20-9-8-19(27)17-28-20)12-4-3-6-23-24(33-2)7-5-13-30(23)26(22)31/h8-11,16-17,23-24H,3-7,12-15,18H2,1-2H3/t23-,24-/m1/s1. The second-order valence-electron chi connectivity index (χ2n) is 8.93. The number of benzene rings is 1. The number of fused-ring (bicyclic) bond motifs is 2. The molecule has 0 unspecified atom stereocenters. The number of amides is 1. The maximum Gasteiger partial charge on any atom is 0.257 e. The van der Waals surface area contributed by atoms with Crippen LogP contribution < -0.4 is 9.47 Å². The molecule has 0 bridgehead atoms. The van der Waals surface area contributed by atoms with Gasteiger partial charge < -0.3 is 19.1 Å². The Bertz CT molecular complexity index is 956. The van der Waals surface area contributed by atoms with Gasteiger partial charge in [-0.15, -0.1) is 0 Å². The lowest BCUT2D eigenvalue weighted by Crippen LogP contribution is -2.51. The van der Waals surface area contributed by atoms with Gasteiger partial charge in [0.2, 0.25) is 0 Å². The molecule has 1 amide bonds. The summed E-state index contributed by atoms with van der Waals surface area (Å²) in [4.78, 5) is 22.1. The van der Waals surface area contributed by atoms with Crippen LogP contribution in [0.5, 0.6) is 11.5 Å². The van der Waals surface area contributed by atoms with Gasteiger partial charge >= 0.3 is 0 Å². The molecule has 0 radical (unpaired) electrons. The average Bonchev–Trinajstić information content (AvgIpc) is 2.87. The van der Waals surface area contributed by atoms with Gasteiger partial charge in [-0.3, -0.25) is 14.7 Å². The summed E-state index contributed by atoms with van der Waals surface area (Å²) in [6.45, 7) is 3.28. The number of carbonyl (C=O) groups is 1. The van der Waals surface area contributed by atoms with Gasteiger partial charge in [-0.1, -0.05) is 6.42 Å². The highest BCUT2D eigenvalue weighted by Gasteiger charge is 2.35. The van der Waals surface area contributed by atoms with E-state index in [2.05, 4.69) is 9.88 Å². The van der Waals surface area contributed by atoms with Gasteiger partial charge in [0.1, 0.15) is 23.9 Å². The van der Waals surface area contributed by atoms with Crippen LogP contribution in [0.3, 0.4) is 0 Å². The first-order valence-corrected chi connectivity index (χ1v) is 12.1. The first kappa shape index (κ1) is 24.4. The molecule has 0 aliphatic carbocycles. The molecule has 0 spiro atoms. The van der Waals surface area contributed by atoms with Gasteiger partial charge in [0.25, 0.3) is 5.91 Å². The van der Waals surface area contributed by atoms with E-state index >= 15 is 0 Å². The molecule has 0 N–H and O–H groups in total. The second-order valence-corrected chi connectivity index (χ2v) is 8.93. The number of rotatable bonds is 4. The number of aromatic nitrogens is 1. The van der Waals surface area contributed by atoms with Crippen molar-refractivity contribution in [2.45, 2.75) is 50.8 Å². The van der Waals surface area contributed by atoms with Crippen LogP contribution in [0, 0.1) is 5.82 Å². The molecule has 3 heterocycles. The van der Waals surface area contributed by atoms with Crippen molar-refractivity contribution in [2.24, 2.45) is 0 Å². The van der Waals surface area contributed by atoms with Crippen LogP contribution in [0.2, 0.25) is 0 Å². The minimum Gasteiger partial charge on any atom is -0.497 e. The predicted octanol–water partition coefficient (Wildman–Crippen LogP) is 3.91. The monoisotopic (exact) mass is 471 g/mol. The van der Waals surface area contributed by atoms with E-state index in [1.165, 1.54) is 12.3 Å². The lowest BCUT2D eigenvalue weighted by Gasteiger charge is -2.41. The van der Waals surface area contributed by atoms with Crippen molar-refractivity contribution < 1.29 is 23.4 Å². The van der Waals surface area contributed by atoms with Gasteiger partial charge in [0, 0.05) is 32.8 Å².